The summed E-state index contributed by atoms with van der Waals surface area (Å²) in [7, 11) is 1.55. The van der Waals surface area contributed by atoms with Crippen LogP contribution < -0.4 is 10.1 Å². The number of carbonyl (C=O) groups excluding carboxylic acids is 1. The third-order valence-electron chi connectivity index (χ3n) is 4.60. The molecule has 1 saturated heterocycles. The zero-order valence-electron chi connectivity index (χ0n) is 16.1. The maximum absolute atomic E-state index is 12.5. The zero-order chi connectivity index (χ0) is 20.0. The van der Waals surface area contributed by atoms with Gasteiger partial charge in [-0.3, -0.25) is 0 Å². The van der Waals surface area contributed by atoms with E-state index in [0.29, 0.717) is 11.5 Å². The average Bonchev–Trinajstić information content (AvgIpc) is 2.55. The first-order valence-electron chi connectivity index (χ1n) is 9.21. The van der Waals surface area contributed by atoms with E-state index in [1.54, 1.807) is 13.1 Å². The molecule has 0 saturated carbocycles. The number of ether oxygens (including phenoxy) is 1. The number of benzene rings is 1. The molecule has 0 aliphatic carbocycles. The lowest BCUT2D eigenvalue weighted by molar-refractivity contribution is -0.275. The van der Waals surface area contributed by atoms with Gasteiger partial charge in [-0.1, -0.05) is 25.1 Å². The number of urea groups is 1. The van der Waals surface area contributed by atoms with E-state index in [2.05, 4.69) is 21.9 Å². The fraction of sp³-hybridized carbons (Fsp3) is 0.632. The Morgan fingerprint density at radius 2 is 2.11 bits per heavy atom. The van der Waals surface area contributed by atoms with Crippen LogP contribution in [0.2, 0.25) is 0 Å². The Bertz CT molecular complexity index is 624. The van der Waals surface area contributed by atoms with E-state index in [9.17, 15) is 18.0 Å². The van der Waals surface area contributed by atoms with Crippen molar-refractivity contribution in [3.05, 3.63) is 29.8 Å². The highest BCUT2D eigenvalue weighted by Gasteiger charge is 2.32. The van der Waals surface area contributed by atoms with Gasteiger partial charge in [-0.05, 0) is 38.3 Å². The number of nitrogens with zero attached hydrogens (tertiary/aromatic N) is 2. The SMILES string of the molecule is C[C@@H]1CCCN(C[C@@H](C)NC(=O)N(C)Cc2ccccc2OC(F)(F)F)C1. The number of carbonyl (C=O) groups is 1. The standard InChI is InChI=1S/C19H28F3N3O2/c1-14-7-6-10-25(11-14)12-15(2)23-18(26)24(3)13-16-8-4-5-9-17(16)27-19(20,21)22/h4-5,8-9,14-15H,6-7,10-13H2,1-3H3,(H,23,26)/t14-,15-/m1/s1. The molecule has 27 heavy (non-hydrogen) atoms. The van der Waals surface area contributed by atoms with Gasteiger partial charge in [0.1, 0.15) is 5.75 Å². The predicted octanol–water partition coefficient (Wildman–Crippen LogP) is 3.85. The fourth-order valence-electron chi connectivity index (χ4n) is 3.39. The number of halogens is 3. The summed E-state index contributed by atoms with van der Waals surface area (Å²) in [5.41, 5.74) is 0.296. The summed E-state index contributed by atoms with van der Waals surface area (Å²) < 4.78 is 41.6. The van der Waals surface area contributed by atoms with Crippen molar-refractivity contribution in [1.29, 1.82) is 0 Å². The molecule has 1 aromatic carbocycles. The second-order valence-electron chi connectivity index (χ2n) is 7.37. The van der Waals surface area contributed by atoms with Gasteiger partial charge in [0.15, 0.2) is 0 Å². The first kappa shape index (κ1) is 21.3. The Kier molecular flexibility index (Phi) is 7.35. The monoisotopic (exact) mass is 387 g/mol. The van der Waals surface area contributed by atoms with Gasteiger partial charge in [-0.15, -0.1) is 13.2 Å². The van der Waals surface area contributed by atoms with Gasteiger partial charge in [0.25, 0.3) is 0 Å². The van der Waals surface area contributed by atoms with E-state index in [-0.39, 0.29) is 24.4 Å². The van der Waals surface area contributed by atoms with Crippen molar-refractivity contribution in [2.45, 2.75) is 45.6 Å². The topological polar surface area (TPSA) is 44.8 Å². The Labute approximate surface area is 158 Å². The van der Waals surface area contributed by atoms with E-state index in [1.807, 2.05) is 6.92 Å². The summed E-state index contributed by atoms with van der Waals surface area (Å²) >= 11 is 0. The molecule has 5 nitrogen and oxygen atoms in total. The van der Waals surface area contributed by atoms with Crippen LogP contribution in [-0.4, -0.2) is 54.9 Å². The van der Waals surface area contributed by atoms with Crippen molar-refractivity contribution < 1.29 is 22.7 Å². The van der Waals surface area contributed by atoms with E-state index >= 15 is 0 Å². The highest BCUT2D eigenvalue weighted by atomic mass is 19.4. The minimum Gasteiger partial charge on any atom is -0.405 e. The Hall–Kier alpha value is -1.96. The Balaban J connectivity index is 1.88. The van der Waals surface area contributed by atoms with Gasteiger partial charge in [-0.2, -0.15) is 0 Å². The molecule has 8 heteroatoms. The van der Waals surface area contributed by atoms with Crippen molar-refractivity contribution in [3.63, 3.8) is 0 Å². The van der Waals surface area contributed by atoms with E-state index in [4.69, 9.17) is 0 Å². The van der Waals surface area contributed by atoms with Gasteiger partial charge >= 0.3 is 12.4 Å². The number of nitrogens with one attached hydrogen (secondary N) is 1. The maximum Gasteiger partial charge on any atom is 0.573 e. The molecule has 0 aromatic heterocycles. The lowest BCUT2D eigenvalue weighted by Gasteiger charge is -2.33. The van der Waals surface area contributed by atoms with Gasteiger partial charge in [-0.25, -0.2) is 4.79 Å². The molecule has 0 unspecified atom stereocenters. The number of hydrogen-bond donors (Lipinski definition) is 1. The second kappa shape index (κ2) is 9.30. The third kappa shape index (κ3) is 7.28. The second-order valence-corrected chi connectivity index (χ2v) is 7.37. The van der Waals surface area contributed by atoms with Gasteiger partial charge in [0.05, 0.1) is 6.54 Å². The number of rotatable bonds is 6. The number of amides is 2. The smallest absolute Gasteiger partial charge is 0.405 e. The van der Waals surface area contributed by atoms with Crippen molar-refractivity contribution in [3.8, 4) is 5.75 Å². The minimum atomic E-state index is -4.77. The summed E-state index contributed by atoms with van der Waals surface area (Å²) in [6.45, 7) is 7.00. The van der Waals surface area contributed by atoms with Crippen LogP contribution in [0.1, 0.15) is 32.3 Å². The first-order valence-corrected chi connectivity index (χ1v) is 9.21. The maximum atomic E-state index is 12.5. The normalized spacial score (nSPS) is 19.4. The molecule has 2 amide bonds. The molecule has 0 bridgehead atoms. The number of para-hydroxylation sites is 1. The highest BCUT2D eigenvalue weighted by molar-refractivity contribution is 5.74. The summed E-state index contributed by atoms with van der Waals surface area (Å²) in [5.74, 6) is 0.370. The van der Waals surface area contributed by atoms with E-state index in [0.717, 1.165) is 26.1 Å². The van der Waals surface area contributed by atoms with Crippen molar-refractivity contribution in [2.75, 3.05) is 26.7 Å². The van der Waals surface area contributed by atoms with Crippen LogP contribution in [0, 0.1) is 5.92 Å². The molecule has 1 fully saturated rings. The molecule has 1 N–H and O–H groups in total. The van der Waals surface area contributed by atoms with Crippen LogP contribution in [0.4, 0.5) is 18.0 Å². The summed E-state index contributed by atoms with van der Waals surface area (Å²) in [5, 5.41) is 2.91. The lowest BCUT2D eigenvalue weighted by atomic mass is 10.00. The van der Waals surface area contributed by atoms with Gasteiger partial charge < -0.3 is 19.9 Å². The third-order valence-corrected chi connectivity index (χ3v) is 4.60. The largest absolute Gasteiger partial charge is 0.573 e. The lowest BCUT2D eigenvalue weighted by Crippen LogP contribution is -2.48. The van der Waals surface area contributed by atoms with Gasteiger partial charge in [0.2, 0.25) is 0 Å². The summed E-state index contributed by atoms with van der Waals surface area (Å²) in [4.78, 5) is 16.1. The van der Waals surface area contributed by atoms with E-state index < -0.39 is 6.36 Å². The molecular weight excluding hydrogens is 359 g/mol. The molecule has 152 valence electrons. The molecule has 1 aliphatic heterocycles. The van der Waals surface area contributed by atoms with Crippen LogP contribution in [-0.2, 0) is 6.54 Å². The van der Waals surface area contributed by atoms with Crippen LogP contribution in [0.25, 0.3) is 0 Å². The van der Waals surface area contributed by atoms with Crippen molar-refractivity contribution in [2.24, 2.45) is 5.92 Å². The predicted molar refractivity (Wildman–Crippen MR) is 97.4 cm³/mol. The Morgan fingerprint density at radius 1 is 1.41 bits per heavy atom. The molecule has 2 rings (SSSR count). The number of piperidine rings is 1. The molecule has 1 aliphatic rings. The molecule has 1 aromatic rings. The van der Waals surface area contributed by atoms with Crippen molar-refractivity contribution >= 4 is 6.03 Å². The molecule has 0 radical (unpaired) electrons. The van der Waals surface area contributed by atoms with Crippen LogP contribution >= 0.6 is 0 Å². The van der Waals surface area contributed by atoms with Crippen molar-refractivity contribution in [1.82, 2.24) is 15.1 Å². The number of likely N-dealkylation sites (tertiary alicyclic amines) is 1. The average molecular weight is 387 g/mol. The summed E-state index contributed by atoms with van der Waals surface area (Å²) in [6, 6.07) is 5.47. The number of alkyl halides is 3. The summed E-state index contributed by atoms with van der Waals surface area (Å²) in [6.07, 6.45) is -2.37. The molecule has 1 heterocycles. The Morgan fingerprint density at radius 3 is 2.78 bits per heavy atom. The molecular formula is C19H28F3N3O2. The number of hydrogen-bond acceptors (Lipinski definition) is 3. The molecule has 0 spiro atoms. The van der Waals surface area contributed by atoms with Gasteiger partial charge in [0, 0.05) is 31.7 Å². The zero-order valence-corrected chi connectivity index (χ0v) is 16.1. The van der Waals surface area contributed by atoms with E-state index in [1.165, 1.54) is 29.5 Å². The quantitative estimate of drug-likeness (QED) is 0.807. The van der Waals surface area contributed by atoms with Crippen LogP contribution in [0.3, 0.4) is 0 Å². The minimum absolute atomic E-state index is 0.0194. The molecule has 2 atom stereocenters. The first-order chi connectivity index (χ1) is 12.6. The van der Waals surface area contributed by atoms with Crippen LogP contribution in [0.15, 0.2) is 24.3 Å². The fourth-order valence-corrected chi connectivity index (χ4v) is 3.39. The highest BCUT2D eigenvalue weighted by Crippen LogP contribution is 2.27. The van der Waals surface area contributed by atoms with Crippen LogP contribution in [0.5, 0.6) is 5.75 Å².